The lowest BCUT2D eigenvalue weighted by molar-refractivity contribution is -0.142. The third-order valence-corrected chi connectivity index (χ3v) is 6.69. The van der Waals surface area contributed by atoms with E-state index in [0.717, 1.165) is 12.6 Å². The third kappa shape index (κ3) is 5.01. The number of amides is 1. The predicted molar refractivity (Wildman–Crippen MR) is 132 cm³/mol. The number of ether oxygens (including phenoxy) is 1. The highest BCUT2D eigenvalue weighted by atomic mass is 19.4. The number of alkyl halides is 3. The lowest BCUT2D eigenvalue weighted by Gasteiger charge is -2.34. The molecule has 0 saturated carbocycles. The maximum absolute atomic E-state index is 13.9. The Morgan fingerprint density at radius 2 is 1.73 bits per heavy atom. The molecule has 1 saturated heterocycles. The molecule has 5 rings (SSSR count). The van der Waals surface area contributed by atoms with Gasteiger partial charge in [-0.15, -0.1) is 0 Å². The van der Waals surface area contributed by atoms with Gasteiger partial charge in [-0.2, -0.15) is 18.3 Å². The number of aromatic nitrogens is 3. The Hall–Kier alpha value is -3.92. The van der Waals surface area contributed by atoms with Crippen LogP contribution in [0, 0.1) is 6.92 Å². The van der Waals surface area contributed by atoms with E-state index in [9.17, 15) is 18.0 Å². The van der Waals surface area contributed by atoms with Gasteiger partial charge in [0, 0.05) is 38.3 Å². The molecule has 7 nitrogen and oxygen atoms in total. The normalized spacial score (nSPS) is 14.8. The van der Waals surface area contributed by atoms with Gasteiger partial charge in [-0.25, -0.2) is 9.50 Å². The average Bonchev–Trinajstić information content (AvgIpc) is 3.33. The number of carbonyl (C=O) groups excluding carboxylic acids is 1. The molecule has 1 aliphatic heterocycles. The maximum Gasteiger partial charge on any atom is 0.433 e. The molecule has 0 spiro atoms. The van der Waals surface area contributed by atoms with Crippen LogP contribution in [0.4, 0.5) is 13.2 Å². The van der Waals surface area contributed by atoms with Gasteiger partial charge in [-0.3, -0.25) is 9.69 Å². The van der Waals surface area contributed by atoms with Crippen molar-refractivity contribution in [1.82, 2.24) is 24.4 Å². The topological polar surface area (TPSA) is 63.0 Å². The summed E-state index contributed by atoms with van der Waals surface area (Å²) in [5, 5.41) is 3.90. The molecule has 3 heterocycles. The van der Waals surface area contributed by atoms with E-state index in [-0.39, 0.29) is 22.8 Å². The zero-order chi connectivity index (χ0) is 26.2. The molecular weight excluding hydrogens is 483 g/mol. The largest absolute Gasteiger partial charge is 0.497 e. The molecule has 2 aromatic carbocycles. The van der Waals surface area contributed by atoms with Crippen LogP contribution in [0.1, 0.15) is 27.2 Å². The number of rotatable bonds is 5. The average molecular weight is 510 g/mol. The zero-order valence-electron chi connectivity index (χ0n) is 20.5. The van der Waals surface area contributed by atoms with Crippen molar-refractivity contribution >= 4 is 11.6 Å². The van der Waals surface area contributed by atoms with Crippen molar-refractivity contribution < 1.29 is 22.7 Å². The van der Waals surface area contributed by atoms with Gasteiger partial charge in [-0.05, 0) is 48.4 Å². The van der Waals surface area contributed by atoms with Crippen LogP contribution in [0.2, 0.25) is 0 Å². The van der Waals surface area contributed by atoms with E-state index in [0.29, 0.717) is 42.0 Å². The summed E-state index contributed by atoms with van der Waals surface area (Å²) < 4.78 is 47.7. The van der Waals surface area contributed by atoms with E-state index in [2.05, 4.69) is 34.0 Å². The Morgan fingerprint density at radius 3 is 2.38 bits per heavy atom. The summed E-state index contributed by atoms with van der Waals surface area (Å²) in [4.78, 5) is 21.8. The minimum Gasteiger partial charge on any atom is -0.497 e. The fourth-order valence-corrected chi connectivity index (χ4v) is 4.53. The van der Waals surface area contributed by atoms with E-state index >= 15 is 0 Å². The highest BCUT2D eigenvalue weighted by molar-refractivity contribution is 6.00. The summed E-state index contributed by atoms with van der Waals surface area (Å²) >= 11 is 0. The lowest BCUT2D eigenvalue weighted by Crippen LogP contribution is -2.48. The van der Waals surface area contributed by atoms with Crippen molar-refractivity contribution in [3.05, 3.63) is 83.2 Å². The summed E-state index contributed by atoms with van der Waals surface area (Å²) in [6.07, 6.45) is -3.51. The number of nitrogens with zero attached hydrogens (tertiary/aromatic N) is 5. The van der Waals surface area contributed by atoms with Gasteiger partial charge in [0.1, 0.15) is 11.3 Å². The Balaban J connectivity index is 1.41. The van der Waals surface area contributed by atoms with Crippen molar-refractivity contribution in [2.24, 2.45) is 0 Å². The summed E-state index contributed by atoms with van der Waals surface area (Å²) in [5.74, 6) is 0.195. The molecule has 1 aliphatic rings. The fraction of sp³-hybridized carbons (Fsp3) is 0.296. The minimum absolute atomic E-state index is 0.0493. The molecule has 0 N–H and O–H groups in total. The van der Waals surface area contributed by atoms with Crippen molar-refractivity contribution in [2.75, 3.05) is 33.3 Å². The standard InChI is InChI=1S/C27H26F3N5O2/c1-18-5-3-4-6-20(18)17-33-11-13-34(14-12-33)26(36)22-16-31-35-24(27(28,29)30)15-23(32-25(22)35)19-7-9-21(37-2)10-8-19/h3-10,15-16H,11-14,17H2,1-2H3. The van der Waals surface area contributed by atoms with E-state index in [1.807, 2.05) is 12.1 Å². The second-order valence-electron chi connectivity index (χ2n) is 9.04. The first-order valence-corrected chi connectivity index (χ1v) is 11.9. The molecule has 37 heavy (non-hydrogen) atoms. The van der Waals surface area contributed by atoms with E-state index in [1.165, 1.54) is 24.4 Å². The number of piperazine rings is 1. The van der Waals surface area contributed by atoms with Crippen LogP contribution >= 0.6 is 0 Å². The van der Waals surface area contributed by atoms with Crippen molar-refractivity contribution in [2.45, 2.75) is 19.6 Å². The summed E-state index contributed by atoms with van der Waals surface area (Å²) in [6.45, 7) is 5.11. The van der Waals surface area contributed by atoms with Crippen LogP contribution in [0.5, 0.6) is 5.75 Å². The highest BCUT2D eigenvalue weighted by Gasteiger charge is 2.36. The van der Waals surface area contributed by atoms with Crippen molar-refractivity contribution in [1.29, 1.82) is 0 Å². The number of hydrogen-bond acceptors (Lipinski definition) is 5. The first-order valence-electron chi connectivity index (χ1n) is 11.9. The Morgan fingerprint density at radius 1 is 1.03 bits per heavy atom. The number of halogens is 3. The molecule has 0 atom stereocenters. The van der Waals surface area contributed by atoms with Crippen LogP contribution in [0.15, 0.2) is 60.8 Å². The number of fused-ring (bicyclic) bond motifs is 1. The first-order chi connectivity index (χ1) is 17.7. The quantitative estimate of drug-likeness (QED) is 0.391. The van der Waals surface area contributed by atoms with E-state index < -0.39 is 11.9 Å². The number of methoxy groups -OCH3 is 1. The molecule has 1 fully saturated rings. The Kier molecular flexibility index (Phi) is 6.59. The van der Waals surface area contributed by atoms with Gasteiger partial charge in [-0.1, -0.05) is 24.3 Å². The molecule has 0 bridgehead atoms. The summed E-state index contributed by atoms with van der Waals surface area (Å²) in [6, 6.07) is 15.7. The lowest BCUT2D eigenvalue weighted by atomic mass is 10.1. The van der Waals surface area contributed by atoms with Crippen LogP contribution in [0.3, 0.4) is 0 Å². The van der Waals surface area contributed by atoms with Crippen LogP contribution < -0.4 is 4.74 Å². The summed E-state index contributed by atoms with van der Waals surface area (Å²) in [5.41, 5.74) is 1.95. The van der Waals surface area contributed by atoms with Gasteiger partial charge in [0.2, 0.25) is 0 Å². The minimum atomic E-state index is -4.68. The molecule has 1 amide bonds. The van der Waals surface area contributed by atoms with E-state index in [1.54, 1.807) is 29.2 Å². The Bertz CT molecular complexity index is 1420. The molecule has 4 aromatic rings. The molecular formula is C27H26F3N5O2. The Labute approximate surface area is 212 Å². The summed E-state index contributed by atoms with van der Waals surface area (Å²) in [7, 11) is 1.51. The van der Waals surface area contributed by atoms with Gasteiger partial charge in [0.15, 0.2) is 11.3 Å². The van der Waals surface area contributed by atoms with Crippen molar-refractivity contribution in [3.8, 4) is 17.0 Å². The molecule has 0 radical (unpaired) electrons. The highest BCUT2D eigenvalue weighted by Crippen LogP contribution is 2.33. The number of benzene rings is 2. The maximum atomic E-state index is 13.9. The monoisotopic (exact) mass is 509 g/mol. The second-order valence-corrected chi connectivity index (χ2v) is 9.04. The molecule has 2 aromatic heterocycles. The molecule has 0 aliphatic carbocycles. The third-order valence-electron chi connectivity index (χ3n) is 6.69. The van der Waals surface area contributed by atoms with Crippen LogP contribution in [-0.4, -0.2) is 63.6 Å². The second kappa shape index (κ2) is 9.85. The van der Waals surface area contributed by atoms with Crippen LogP contribution in [0.25, 0.3) is 16.9 Å². The zero-order valence-corrected chi connectivity index (χ0v) is 20.5. The molecule has 0 unspecified atom stereocenters. The smallest absolute Gasteiger partial charge is 0.433 e. The molecule has 10 heteroatoms. The first kappa shape index (κ1) is 24.8. The van der Waals surface area contributed by atoms with Gasteiger partial charge in [0.05, 0.1) is 19.0 Å². The number of hydrogen-bond donors (Lipinski definition) is 0. The molecule has 192 valence electrons. The SMILES string of the molecule is COc1ccc(-c2cc(C(F)(F)F)n3ncc(C(=O)N4CCN(Cc5ccccc5C)CC4)c3n2)cc1. The van der Waals surface area contributed by atoms with E-state index in [4.69, 9.17) is 4.74 Å². The number of aryl methyl sites for hydroxylation is 1. The fourth-order valence-electron chi connectivity index (χ4n) is 4.53. The predicted octanol–water partition coefficient (Wildman–Crippen LogP) is 4.69. The number of carbonyl (C=O) groups is 1. The van der Waals surface area contributed by atoms with Gasteiger partial charge >= 0.3 is 6.18 Å². The van der Waals surface area contributed by atoms with Crippen LogP contribution in [-0.2, 0) is 12.7 Å². The van der Waals surface area contributed by atoms with Gasteiger partial charge < -0.3 is 9.64 Å². The van der Waals surface area contributed by atoms with Gasteiger partial charge in [0.25, 0.3) is 5.91 Å². The van der Waals surface area contributed by atoms with Crippen molar-refractivity contribution in [3.63, 3.8) is 0 Å².